The van der Waals surface area contributed by atoms with Crippen molar-refractivity contribution < 1.29 is 9.18 Å². The molecule has 4 rings (SSSR count). The van der Waals surface area contributed by atoms with E-state index in [0.29, 0.717) is 5.92 Å². The summed E-state index contributed by atoms with van der Waals surface area (Å²) in [6, 6.07) is 10.4. The predicted octanol–water partition coefficient (Wildman–Crippen LogP) is 3.51. The third-order valence-electron chi connectivity index (χ3n) is 5.76. The number of hydrogen-bond donors (Lipinski definition) is 0. The smallest absolute Gasteiger partial charge is 0.233 e. The summed E-state index contributed by atoms with van der Waals surface area (Å²) in [5, 5.41) is 0. The zero-order valence-corrected chi connectivity index (χ0v) is 14.0. The summed E-state index contributed by atoms with van der Waals surface area (Å²) in [6.45, 7) is 5.71. The maximum atomic E-state index is 13.3. The van der Waals surface area contributed by atoms with E-state index in [1.807, 2.05) is 17.2 Å². The fourth-order valence-corrected chi connectivity index (χ4v) is 4.08. The van der Waals surface area contributed by atoms with E-state index in [2.05, 4.69) is 24.9 Å². The van der Waals surface area contributed by atoms with Crippen LogP contribution < -0.4 is 0 Å². The number of carbonyl (C=O) groups excluding carboxylic acids is 1. The van der Waals surface area contributed by atoms with Crippen molar-refractivity contribution >= 4 is 5.91 Å². The van der Waals surface area contributed by atoms with Gasteiger partial charge in [0.15, 0.2) is 0 Å². The lowest BCUT2D eigenvalue weighted by Crippen LogP contribution is -2.53. The van der Waals surface area contributed by atoms with Gasteiger partial charge in [-0.2, -0.15) is 0 Å². The molecular weight excluding hydrogens is 303 g/mol. The van der Waals surface area contributed by atoms with Crippen molar-refractivity contribution in [3.8, 4) is 0 Å². The second-order valence-corrected chi connectivity index (χ2v) is 7.67. The number of pyridine rings is 1. The average Bonchev–Trinajstić information content (AvgIpc) is 3.11. The summed E-state index contributed by atoms with van der Waals surface area (Å²) in [6.07, 6.45) is 4.46. The minimum Gasteiger partial charge on any atom is -0.341 e. The molecule has 1 aliphatic heterocycles. The fraction of sp³-hybridized carbons (Fsp3) is 0.400. The number of halogens is 1. The third-order valence-corrected chi connectivity index (χ3v) is 5.76. The van der Waals surface area contributed by atoms with Gasteiger partial charge in [0.1, 0.15) is 5.82 Å². The van der Waals surface area contributed by atoms with Gasteiger partial charge >= 0.3 is 0 Å². The first-order valence-electron chi connectivity index (χ1n) is 8.39. The second-order valence-electron chi connectivity index (χ2n) is 7.67. The SMILES string of the molecule is CC1(C)C[C@@]1(C(=O)N1CC(c2cccnc2)C1)c1ccc(F)cc1. The van der Waals surface area contributed by atoms with Crippen molar-refractivity contribution in [2.24, 2.45) is 5.41 Å². The van der Waals surface area contributed by atoms with Crippen LogP contribution in [0.3, 0.4) is 0 Å². The zero-order chi connectivity index (χ0) is 16.9. The monoisotopic (exact) mass is 324 g/mol. The molecule has 1 aromatic heterocycles. The van der Waals surface area contributed by atoms with Crippen LogP contribution in [-0.2, 0) is 10.2 Å². The van der Waals surface area contributed by atoms with Crippen LogP contribution in [-0.4, -0.2) is 28.9 Å². The van der Waals surface area contributed by atoms with Gasteiger partial charge in [-0.3, -0.25) is 9.78 Å². The molecule has 2 aliphatic rings. The highest BCUT2D eigenvalue weighted by Crippen LogP contribution is 2.65. The Morgan fingerprint density at radius 3 is 2.42 bits per heavy atom. The summed E-state index contributed by atoms with van der Waals surface area (Å²) in [7, 11) is 0. The number of aromatic nitrogens is 1. The molecule has 1 saturated heterocycles. The molecule has 2 fully saturated rings. The van der Waals surface area contributed by atoms with E-state index in [1.54, 1.807) is 18.3 Å². The number of benzene rings is 1. The molecule has 124 valence electrons. The highest BCUT2D eigenvalue weighted by Gasteiger charge is 2.68. The molecule has 0 bridgehead atoms. The second kappa shape index (κ2) is 5.13. The van der Waals surface area contributed by atoms with Crippen LogP contribution in [0.25, 0.3) is 0 Å². The number of hydrogen-bond acceptors (Lipinski definition) is 2. The first kappa shape index (κ1) is 15.3. The van der Waals surface area contributed by atoms with Gasteiger partial charge in [0.25, 0.3) is 0 Å². The van der Waals surface area contributed by atoms with Crippen LogP contribution in [0.1, 0.15) is 37.3 Å². The largest absolute Gasteiger partial charge is 0.341 e. The van der Waals surface area contributed by atoms with Gasteiger partial charge in [-0.1, -0.05) is 32.0 Å². The summed E-state index contributed by atoms with van der Waals surface area (Å²) in [5.74, 6) is 0.287. The molecule has 1 aromatic carbocycles. The molecule has 2 heterocycles. The van der Waals surface area contributed by atoms with Gasteiger partial charge in [-0.05, 0) is 41.2 Å². The van der Waals surface area contributed by atoms with Crippen LogP contribution in [0.4, 0.5) is 4.39 Å². The van der Waals surface area contributed by atoms with Crippen LogP contribution in [0.5, 0.6) is 0 Å². The lowest BCUT2D eigenvalue weighted by molar-refractivity contribution is -0.139. The van der Waals surface area contributed by atoms with Crippen molar-refractivity contribution in [1.82, 2.24) is 9.88 Å². The molecule has 24 heavy (non-hydrogen) atoms. The van der Waals surface area contributed by atoms with E-state index >= 15 is 0 Å². The Morgan fingerprint density at radius 1 is 1.21 bits per heavy atom. The molecule has 1 aliphatic carbocycles. The van der Waals surface area contributed by atoms with Crippen molar-refractivity contribution in [1.29, 1.82) is 0 Å². The van der Waals surface area contributed by atoms with E-state index in [1.165, 1.54) is 17.7 Å². The van der Waals surface area contributed by atoms with Gasteiger partial charge in [0, 0.05) is 31.4 Å². The standard InChI is InChI=1S/C20H21FN2O/c1-19(2)13-20(19,16-5-7-17(21)8-6-16)18(24)23-11-15(12-23)14-4-3-9-22-10-14/h3-10,15H,11-13H2,1-2H3/t20-/m0/s1. The third kappa shape index (κ3) is 2.16. The van der Waals surface area contributed by atoms with E-state index in [0.717, 1.165) is 25.1 Å². The number of nitrogens with zero attached hydrogens (tertiary/aromatic N) is 2. The van der Waals surface area contributed by atoms with Crippen LogP contribution >= 0.6 is 0 Å². The molecule has 0 unspecified atom stereocenters. The minimum absolute atomic E-state index is 0.0820. The number of rotatable bonds is 3. The van der Waals surface area contributed by atoms with Crippen molar-refractivity contribution in [3.05, 3.63) is 65.7 Å². The predicted molar refractivity (Wildman–Crippen MR) is 90.0 cm³/mol. The quantitative estimate of drug-likeness (QED) is 0.865. The van der Waals surface area contributed by atoms with Crippen molar-refractivity contribution in [3.63, 3.8) is 0 Å². The number of likely N-dealkylation sites (tertiary alicyclic amines) is 1. The van der Waals surface area contributed by atoms with E-state index in [4.69, 9.17) is 0 Å². The molecule has 2 aromatic rings. The molecule has 1 amide bonds. The molecular formula is C20H21FN2O. The van der Waals surface area contributed by atoms with E-state index < -0.39 is 5.41 Å². The van der Waals surface area contributed by atoms with Crippen LogP contribution in [0.2, 0.25) is 0 Å². The molecule has 0 spiro atoms. The maximum absolute atomic E-state index is 13.3. The lowest BCUT2D eigenvalue weighted by atomic mass is 9.83. The minimum atomic E-state index is -0.499. The van der Waals surface area contributed by atoms with E-state index in [9.17, 15) is 9.18 Å². The van der Waals surface area contributed by atoms with Gasteiger partial charge < -0.3 is 4.90 Å². The molecule has 1 atom stereocenters. The fourth-order valence-electron chi connectivity index (χ4n) is 4.08. The Labute approximate surface area is 141 Å². The van der Waals surface area contributed by atoms with Crippen molar-refractivity contribution in [2.45, 2.75) is 31.6 Å². The topological polar surface area (TPSA) is 33.2 Å². The normalized spacial score (nSPS) is 25.2. The summed E-state index contributed by atoms with van der Waals surface area (Å²) >= 11 is 0. The Hall–Kier alpha value is -2.23. The lowest BCUT2D eigenvalue weighted by Gasteiger charge is -2.42. The van der Waals surface area contributed by atoms with Crippen LogP contribution in [0.15, 0.2) is 48.8 Å². The van der Waals surface area contributed by atoms with Gasteiger partial charge in [0.05, 0.1) is 5.41 Å². The van der Waals surface area contributed by atoms with Crippen LogP contribution in [0, 0.1) is 11.2 Å². The average molecular weight is 324 g/mol. The Bertz CT molecular complexity index is 766. The first-order valence-corrected chi connectivity index (χ1v) is 8.39. The summed E-state index contributed by atoms with van der Waals surface area (Å²) in [4.78, 5) is 19.3. The van der Waals surface area contributed by atoms with E-state index in [-0.39, 0.29) is 17.1 Å². The Balaban J connectivity index is 1.54. The van der Waals surface area contributed by atoms with Crippen molar-refractivity contribution in [2.75, 3.05) is 13.1 Å². The zero-order valence-electron chi connectivity index (χ0n) is 14.0. The highest BCUT2D eigenvalue weighted by atomic mass is 19.1. The Kier molecular flexibility index (Phi) is 3.27. The molecule has 3 nitrogen and oxygen atoms in total. The molecule has 0 N–H and O–H groups in total. The molecule has 4 heteroatoms. The number of carbonyl (C=O) groups is 1. The van der Waals surface area contributed by atoms with Gasteiger partial charge in [-0.15, -0.1) is 0 Å². The number of amides is 1. The van der Waals surface area contributed by atoms with Gasteiger partial charge in [-0.25, -0.2) is 4.39 Å². The molecule has 1 saturated carbocycles. The maximum Gasteiger partial charge on any atom is 0.233 e. The molecule has 0 radical (unpaired) electrons. The highest BCUT2D eigenvalue weighted by molar-refractivity contribution is 5.93. The first-order chi connectivity index (χ1) is 11.4. The Morgan fingerprint density at radius 2 is 1.88 bits per heavy atom. The van der Waals surface area contributed by atoms with Gasteiger partial charge in [0.2, 0.25) is 5.91 Å². The summed E-state index contributed by atoms with van der Waals surface area (Å²) in [5.41, 5.74) is 1.54. The summed E-state index contributed by atoms with van der Waals surface area (Å²) < 4.78 is 13.3.